The topological polar surface area (TPSA) is 59.0 Å². The molecule has 2 N–H and O–H groups in total. The average molecular weight is 402 g/mol. The van der Waals surface area contributed by atoms with Crippen molar-refractivity contribution in [3.63, 3.8) is 0 Å². The fourth-order valence-corrected chi connectivity index (χ4v) is 2.86. The monoisotopic (exact) mass is 400 g/mol. The van der Waals surface area contributed by atoms with E-state index in [1.807, 2.05) is 38.4 Å². The van der Waals surface area contributed by atoms with Crippen molar-refractivity contribution in [2.24, 2.45) is 7.05 Å². The number of nitrogens with one attached hydrogen (secondary N) is 2. The van der Waals surface area contributed by atoms with Gasteiger partial charge in [-0.1, -0.05) is 34.1 Å². The Hall–Kier alpha value is -1.37. The van der Waals surface area contributed by atoms with E-state index in [2.05, 4.69) is 37.7 Å². The molecule has 0 spiro atoms. The van der Waals surface area contributed by atoms with Crippen molar-refractivity contribution in [3.8, 4) is 0 Å². The number of halogens is 2. The first kappa shape index (κ1) is 19.7. The van der Waals surface area contributed by atoms with Crippen LogP contribution in [0, 0.1) is 0 Å². The summed E-state index contributed by atoms with van der Waals surface area (Å²) in [6, 6.07) is 7.70. The summed E-state index contributed by atoms with van der Waals surface area (Å²) in [5, 5.41) is 10.2. The Morgan fingerprint density at radius 2 is 2.09 bits per heavy atom. The molecule has 7 heteroatoms. The van der Waals surface area contributed by atoms with Crippen LogP contribution in [0.15, 0.2) is 41.1 Å². The van der Waals surface area contributed by atoms with Gasteiger partial charge in [-0.25, -0.2) is 0 Å². The number of hydrogen-bond acceptors (Lipinski definition) is 3. The normalized spacial score (nSPS) is 13.0. The van der Waals surface area contributed by atoms with Gasteiger partial charge in [0, 0.05) is 29.3 Å². The van der Waals surface area contributed by atoms with Crippen LogP contribution in [0.4, 0.5) is 0 Å². The lowest BCUT2D eigenvalue weighted by Crippen LogP contribution is -2.41. The standard InChI is InChI=1S/C16H21BrN4O.ClH/c1-11(8-12-6-4-5-7-14(12)17)20-16(22)15(18-2)13-9-19-21(3)10-13;/h4-7,9-11,15,18H,8H2,1-3H3,(H,20,22);1H. The molecule has 0 aliphatic carbocycles. The number of carbonyl (C=O) groups is 1. The molecule has 1 aromatic carbocycles. The van der Waals surface area contributed by atoms with Crippen molar-refractivity contribution in [3.05, 3.63) is 52.3 Å². The maximum atomic E-state index is 12.4. The second-order valence-corrected chi connectivity index (χ2v) is 6.23. The van der Waals surface area contributed by atoms with E-state index in [0.717, 1.165) is 16.5 Å². The smallest absolute Gasteiger partial charge is 0.242 e. The Morgan fingerprint density at radius 1 is 1.39 bits per heavy atom. The minimum absolute atomic E-state index is 0. The predicted octanol–water partition coefficient (Wildman–Crippen LogP) is 2.61. The Balaban J connectivity index is 0.00000264. The summed E-state index contributed by atoms with van der Waals surface area (Å²) >= 11 is 3.54. The maximum Gasteiger partial charge on any atom is 0.242 e. The molecule has 1 heterocycles. The molecular weight excluding hydrogens is 380 g/mol. The minimum atomic E-state index is -0.393. The highest BCUT2D eigenvalue weighted by atomic mass is 79.9. The number of amides is 1. The highest BCUT2D eigenvalue weighted by Crippen LogP contribution is 2.18. The van der Waals surface area contributed by atoms with Crippen LogP contribution in [0.3, 0.4) is 0 Å². The molecule has 0 fully saturated rings. The molecular formula is C16H22BrClN4O. The van der Waals surface area contributed by atoms with Crippen molar-refractivity contribution in [2.45, 2.75) is 25.4 Å². The summed E-state index contributed by atoms with van der Waals surface area (Å²) < 4.78 is 2.76. The number of carbonyl (C=O) groups excluding carboxylic acids is 1. The van der Waals surface area contributed by atoms with Gasteiger partial charge in [-0.05, 0) is 32.0 Å². The van der Waals surface area contributed by atoms with Crippen LogP contribution >= 0.6 is 28.3 Å². The Labute approximate surface area is 151 Å². The van der Waals surface area contributed by atoms with Crippen LogP contribution in [0.5, 0.6) is 0 Å². The van der Waals surface area contributed by atoms with Crippen molar-refractivity contribution in [2.75, 3.05) is 7.05 Å². The number of nitrogens with zero attached hydrogens (tertiary/aromatic N) is 2. The molecule has 126 valence electrons. The highest BCUT2D eigenvalue weighted by Gasteiger charge is 2.21. The summed E-state index contributed by atoms with van der Waals surface area (Å²) in [6.45, 7) is 2.01. The fourth-order valence-electron chi connectivity index (χ4n) is 2.41. The SMILES string of the molecule is CNC(C(=O)NC(C)Cc1ccccc1Br)c1cnn(C)c1.Cl. The van der Waals surface area contributed by atoms with Crippen molar-refractivity contribution >= 4 is 34.2 Å². The van der Waals surface area contributed by atoms with Gasteiger partial charge in [-0.2, -0.15) is 5.10 Å². The van der Waals surface area contributed by atoms with E-state index in [4.69, 9.17) is 0 Å². The van der Waals surface area contributed by atoms with Crippen LogP contribution in [0.2, 0.25) is 0 Å². The first-order valence-corrected chi connectivity index (χ1v) is 8.00. The summed E-state index contributed by atoms with van der Waals surface area (Å²) in [4.78, 5) is 12.4. The van der Waals surface area contributed by atoms with Gasteiger partial charge in [0.05, 0.1) is 6.20 Å². The zero-order valence-electron chi connectivity index (χ0n) is 13.4. The van der Waals surface area contributed by atoms with Crippen LogP contribution in [0.25, 0.3) is 0 Å². The van der Waals surface area contributed by atoms with Crippen molar-refractivity contribution in [1.82, 2.24) is 20.4 Å². The van der Waals surface area contributed by atoms with Gasteiger partial charge in [0.2, 0.25) is 5.91 Å². The molecule has 1 aromatic heterocycles. The van der Waals surface area contributed by atoms with Crippen molar-refractivity contribution in [1.29, 1.82) is 0 Å². The molecule has 0 aliphatic rings. The zero-order valence-corrected chi connectivity index (χ0v) is 15.8. The molecule has 0 saturated heterocycles. The summed E-state index contributed by atoms with van der Waals surface area (Å²) in [6.07, 6.45) is 4.33. The Bertz CT molecular complexity index is 647. The highest BCUT2D eigenvalue weighted by molar-refractivity contribution is 9.10. The van der Waals surface area contributed by atoms with E-state index in [1.165, 1.54) is 5.56 Å². The lowest BCUT2D eigenvalue weighted by molar-refractivity contribution is -0.123. The third kappa shape index (κ3) is 5.34. The molecule has 2 rings (SSSR count). The van der Waals surface area contributed by atoms with E-state index < -0.39 is 6.04 Å². The number of hydrogen-bond donors (Lipinski definition) is 2. The van der Waals surface area contributed by atoms with Crippen LogP contribution in [-0.2, 0) is 18.3 Å². The van der Waals surface area contributed by atoms with E-state index in [9.17, 15) is 4.79 Å². The van der Waals surface area contributed by atoms with Crippen LogP contribution in [0.1, 0.15) is 24.1 Å². The Morgan fingerprint density at radius 3 is 2.65 bits per heavy atom. The van der Waals surface area contributed by atoms with Gasteiger partial charge >= 0.3 is 0 Å². The van der Waals surface area contributed by atoms with E-state index >= 15 is 0 Å². The average Bonchev–Trinajstić information content (AvgIpc) is 2.88. The van der Waals surface area contributed by atoms with Crippen molar-refractivity contribution < 1.29 is 4.79 Å². The van der Waals surface area contributed by atoms with E-state index in [-0.39, 0.29) is 24.4 Å². The van der Waals surface area contributed by atoms with E-state index in [0.29, 0.717) is 0 Å². The maximum absolute atomic E-state index is 12.4. The first-order valence-electron chi connectivity index (χ1n) is 7.21. The second-order valence-electron chi connectivity index (χ2n) is 5.37. The lowest BCUT2D eigenvalue weighted by Gasteiger charge is -2.19. The van der Waals surface area contributed by atoms with Gasteiger partial charge < -0.3 is 10.6 Å². The zero-order chi connectivity index (χ0) is 16.1. The summed E-state index contributed by atoms with van der Waals surface area (Å²) in [5.41, 5.74) is 2.04. The molecule has 0 bridgehead atoms. The quantitative estimate of drug-likeness (QED) is 0.782. The fraction of sp³-hybridized carbons (Fsp3) is 0.375. The number of aryl methyl sites for hydroxylation is 1. The van der Waals surface area contributed by atoms with Gasteiger partial charge in [0.1, 0.15) is 6.04 Å². The molecule has 2 atom stereocenters. The number of aromatic nitrogens is 2. The molecule has 2 aromatic rings. The first-order chi connectivity index (χ1) is 10.5. The van der Waals surface area contributed by atoms with Crippen LogP contribution < -0.4 is 10.6 Å². The molecule has 1 amide bonds. The van der Waals surface area contributed by atoms with Gasteiger partial charge in [-0.15, -0.1) is 12.4 Å². The molecule has 23 heavy (non-hydrogen) atoms. The largest absolute Gasteiger partial charge is 0.352 e. The lowest BCUT2D eigenvalue weighted by atomic mass is 10.1. The third-order valence-corrected chi connectivity index (χ3v) is 4.26. The third-order valence-electron chi connectivity index (χ3n) is 3.48. The number of rotatable bonds is 6. The molecule has 0 radical (unpaired) electrons. The van der Waals surface area contributed by atoms with Gasteiger partial charge in [0.15, 0.2) is 0 Å². The molecule has 5 nitrogen and oxygen atoms in total. The molecule has 2 unspecified atom stereocenters. The Kier molecular flexibility index (Phi) is 7.75. The van der Waals surface area contributed by atoms with Gasteiger partial charge in [0.25, 0.3) is 0 Å². The number of likely N-dealkylation sites (N-methyl/N-ethyl adjacent to an activating group) is 1. The summed E-state index contributed by atoms with van der Waals surface area (Å²) in [5.74, 6) is -0.0462. The van der Waals surface area contributed by atoms with Crippen LogP contribution in [-0.4, -0.2) is 28.8 Å². The van der Waals surface area contributed by atoms with Gasteiger partial charge in [-0.3, -0.25) is 9.48 Å². The summed E-state index contributed by atoms with van der Waals surface area (Å²) in [7, 11) is 3.61. The molecule has 0 saturated carbocycles. The number of benzene rings is 1. The molecule has 0 aliphatic heterocycles. The second kappa shape index (κ2) is 9.05. The minimum Gasteiger partial charge on any atom is -0.352 e. The predicted molar refractivity (Wildman–Crippen MR) is 97.7 cm³/mol. The van der Waals surface area contributed by atoms with E-state index in [1.54, 1.807) is 17.9 Å².